The van der Waals surface area contributed by atoms with E-state index in [9.17, 15) is 0 Å². The van der Waals surface area contributed by atoms with Gasteiger partial charge >= 0.3 is 0 Å². The van der Waals surface area contributed by atoms with E-state index in [1.165, 1.54) is 6.39 Å². The molecule has 0 unspecified atom stereocenters. The highest BCUT2D eigenvalue weighted by molar-refractivity contribution is 9.10. The third-order valence-electron chi connectivity index (χ3n) is 2.90. The zero-order valence-electron chi connectivity index (χ0n) is 8.61. The van der Waals surface area contributed by atoms with Crippen molar-refractivity contribution in [2.45, 2.75) is 0 Å². The number of hydrogen-bond acceptors (Lipinski definition) is 3. The highest BCUT2D eigenvalue weighted by Crippen LogP contribution is 2.37. The van der Waals surface area contributed by atoms with Crippen LogP contribution in [0.15, 0.2) is 50.0 Å². The van der Waals surface area contributed by atoms with Crippen LogP contribution in [0, 0.1) is 0 Å². The van der Waals surface area contributed by atoms with Crippen molar-refractivity contribution < 1.29 is 8.83 Å². The number of halogens is 1. The van der Waals surface area contributed by atoms with Gasteiger partial charge in [0.05, 0.1) is 0 Å². The van der Waals surface area contributed by atoms with E-state index in [1.807, 2.05) is 30.3 Å². The zero-order valence-corrected chi connectivity index (χ0v) is 10.2. The molecule has 2 aromatic carbocycles. The number of para-hydroxylation sites is 1. The lowest BCUT2D eigenvalue weighted by Crippen LogP contribution is -1.72. The highest BCUT2D eigenvalue weighted by Gasteiger charge is 2.15. The molecule has 0 saturated carbocycles. The highest BCUT2D eigenvalue weighted by atomic mass is 79.9. The Bertz CT molecular complexity index is 860. The molecule has 0 atom stereocenters. The van der Waals surface area contributed by atoms with E-state index >= 15 is 0 Å². The van der Waals surface area contributed by atoms with Crippen LogP contribution in [0.3, 0.4) is 0 Å². The molecule has 0 aliphatic carbocycles. The van der Waals surface area contributed by atoms with Crippen LogP contribution in [-0.2, 0) is 0 Å². The quantitative estimate of drug-likeness (QED) is 0.478. The molecule has 0 N–H and O–H groups in total. The van der Waals surface area contributed by atoms with Crippen molar-refractivity contribution in [2.24, 2.45) is 0 Å². The van der Waals surface area contributed by atoms with Gasteiger partial charge in [-0.3, -0.25) is 0 Å². The molecule has 0 bridgehead atoms. The second-order valence-electron chi connectivity index (χ2n) is 3.86. The molecular weight excluding hydrogens is 282 g/mol. The maximum absolute atomic E-state index is 5.82. The summed E-state index contributed by atoms with van der Waals surface area (Å²) in [6.07, 6.45) is 1.43. The number of nitrogens with zero attached hydrogens (tertiary/aromatic N) is 1. The predicted octanol–water partition coefficient (Wildman–Crippen LogP) is 4.49. The van der Waals surface area contributed by atoms with Crippen LogP contribution in [0.2, 0.25) is 0 Å². The molecule has 4 aromatic rings. The first kappa shape index (κ1) is 9.24. The van der Waals surface area contributed by atoms with Crippen molar-refractivity contribution in [1.82, 2.24) is 4.98 Å². The van der Waals surface area contributed by atoms with Gasteiger partial charge in [-0.1, -0.05) is 18.2 Å². The molecule has 0 saturated heterocycles. The average Bonchev–Trinajstić information content (AvgIpc) is 2.93. The largest absolute Gasteiger partial charge is 0.452 e. The molecule has 0 spiro atoms. The Labute approximate surface area is 104 Å². The number of oxazole rings is 1. The summed E-state index contributed by atoms with van der Waals surface area (Å²) < 4.78 is 12.1. The number of furan rings is 1. The fraction of sp³-hybridized carbons (Fsp3) is 0. The van der Waals surface area contributed by atoms with Crippen molar-refractivity contribution >= 4 is 49.0 Å². The zero-order chi connectivity index (χ0) is 11.4. The Balaban J connectivity index is 2.39. The molecule has 4 rings (SSSR count). The van der Waals surface area contributed by atoms with Gasteiger partial charge in [0.25, 0.3) is 0 Å². The summed E-state index contributed by atoms with van der Waals surface area (Å²) in [6.45, 7) is 0. The number of aromatic nitrogens is 1. The third kappa shape index (κ3) is 1.13. The van der Waals surface area contributed by atoms with E-state index in [-0.39, 0.29) is 0 Å². The number of rotatable bonds is 0. The average molecular weight is 288 g/mol. The molecular formula is C13H6BrNO2. The fourth-order valence-corrected chi connectivity index (χ4v) is 2.66. The summed E-state index contributed by atoms with van der Waals surface area (Å²) >= 11 is 3.50. The topological polar surface area (TPSA) is 39.2 Å². The minimum atomic E-state index is 0.686. The first-order valence-electron chi connectivity index (χ1n) is 5.17. The second-order valence-corrected chi connectivity index (χ2v) is 4.72. The summed E-state index contributed by atoms with van der Waals surface area (Å²) in [7, 11) is 0. The lowest BCUT2D eigenvalue weighted by molar-refractivity contribution is 0.589. The summed E-state index contributed by atoms with van der Waals surface area (Å²) in [5.74, 6) is 0. The Morgan fingerprint density at radius 3 is 2.88 bits per heavy atom. The number of benzene rings is 2. The minimum absolute atomic E-state index is 0.686. The maximum atomic E-state index is 5.82. The second kappa shape index (κ2) is 3.11. The van der Waals surface area contributed by atoms with Crippen LogP contribution in [0.5, 0.6) is 0 Å². The van der Waals surface area contributed by atoms with Gasteiger partial charge in [-0.05, 0) is 28.1 Å². The summed E-state index contributed by atoms with van der Waals surface area (Å²) in [5.41, 5.74) is 3.09. The van der Waals surface area contributed by atoms with Gasteiger partial charge in [0, 0.05) is 15.2 Å². The first-order valence-corrected chi connectivity index (χ1v) is 5.97. The molecule has 0 fully saturated rings. The predicted molar refractivity (Wildman–Crippen MR) is 69.0 cm³/mol. The van der Waals surface area contributed by atoms with Crippen molar-refractivity contribution in [2.75, 3.05) is 0 Å². The van der Waals surface area contributed by atoms with Crippen molar-refractivity contribution in [1.29, 1.82) is 0 Å². The minimum Gasteiger partial charge on any atom is -0.452 e. The molecule has 0 aliphatic heterocycles. The van der Waals surface area contributed by atoms with Gasteiger partial charge in [-0.15, -0.1) is 0 Å². The molecule has 3 nitrogen and oxygen atoms in total. The van der Waals surface area contributed by atoms with Crippen molar-refractivity contribution in [3.8, 4) is 0 Å². The van der Waals surface area contributed by atoms with Gasteiger partial charge in [0.2, 0.25) is 0 Å². The Morgan fingerprint density at radius 1 is 1.06 bits per heavy atom. The van der Waals surface area contributed by atoms with Crippen LogP contribution < -0.4 is 0 Å². The summed E-state index contributed by atoms with van der Waals surface area (Å²) in [5, 5.41) is 2.12. The molecule has 0 amide bonds. The molecule has 2 aromatic heterocycles. The SMILES string of the molecule is Brc1cc2c3ccccc3oc2c2ocnc12. The normalized spacial score (nSPS) is 11.8. The van der Waals surface area contributed by atoms with E-state index in [1.54, 1.807) is 0 Å². The van der Waals surface area contributed by atoms with E-state index in [0.29, 0.717) is 5.58 Å². The molecule has 0 radical (unpaired) electrons. The molecule has 2 heterocycles. The van der Waals surface area contributed by atoms with Crippen LogP contribution in [0.4, 0.5) is 0 Å². The number of hydrogen-bond donors (Lipinski definition) is 0. The lowest BCUT2D eigenvalue weighted by Gasteiger charge is -1.93. The van der Waals surface area contributed by atoms with Crippen LogP contribution in [0.1, 0.15) is 0 Å². The third-order valence-corrected chi connectivity index (χ3v) is 3.51. The van der Waals surface area contributed by atoms with E-state index < -0.39 is 0 Å². The molecule has 17 heavy (non-hydrogen) atoms. The van der Waals surface area contributed by atoms with Gasteiger partial charge in [0.1, 0.15) is 11.1 Å². The van der Waals surface area contributed by atoms with Crippen molar-refractivity contribution in [3.63, 3.8) is 0 Å². The summed E-state index contributed by atoms with van der Waals surface area (Å²) in [4.78, 5) is 4.17. The van der Waals surface area contributed by atoms with Crippen LogP contribution in [0.25, 0.3) is 33.0 Å². The smallest absolute Gasteiger partial charge is 0.198 e. The van der Waals surface area contributed by atoms with E-state index in [4.69, 9.17) is 8.83 Å². The maximum Gasteiger partial charge on any atom is 0.198 e. The first-order chi connectivity index (χ1) is 8.34. The molecule has 82 valence electrons. The van der Waals surface area contributed by atoms with Gasteiger partial charge < -0.3 is 8.83 Å². The lowest BCUT2D eigenvalue weighted by atomic mass is 10.1. The monoisotopic (exact) mass is 287 g/mol. The van der Waals surface area contributed by atoms with Crippen LogP contribution in [-0.4, -0.2) is 4.98 Å². The molecule has 4 heteroatoms. The Hall–Kier alpha value is -1.81. The number of fused-ring (bicyclic) bond motifs is 5. The van der Waals surface area contributed by atoms with E-state index in [2.05, 4.69) is 20.9 Å². The van der Waals surface area contributed by atoms with Gasteiger partial charge in [0.15, 0.2) is 17.6 Å². The van der Waals surface area contributed by atoms with Gasteiger partial charge in [-0.2, -0.15) is 0 Å². The Morgan fingerprint density at radius 2 is 1.94 bits per heavy atom. The summed E-state index contributed by atoms with van der Waals surface area (Å²) in [6, 6.07) is 9.96. The Kier molecular flexibility index (Phi) is 1.69. The van der Waals surface area contributed by atoms with Gasteiger partial charge in [-0.25, -0.2) is 4.98 Å². The standard InChI is InChI=1S/C13H6BrNO2/c14-9-5-8-7-3-1-2-4-10(7)17-12(8)13-11(9)15-6-16-13/h1-6H. The van der Waals surface area contributed by atoms with Crippen molar-refractivity contribution in [3.05, 3.63) is 41.2 Å². The van der Waals surface area contributed by atoms with Crippen LogP contribution >= 0.6 is 15.9 Å². The van der Waals surface area contributed by atoms with E-state index in [0.717, 1.165) is 31.9 Å². The fourth-order valence-electron chi connectivity index (χ4n) is 2.15. The molecule has 0 aliphatic rings.